The molecule has 0 fully saturated rings. The maximum Gasteiger partial charge on any atom is 0.111 e. The van der Waals surface area contributed by atoms with E-state index in [1.54, 1.807) is 12.1 Å². The van der Waals surface area contributed by atoms with Crippen LogP contribution < -0.4 is 0 Å². The number of rotatable bonds is 6. The molecule has 0 unspecified atom stereocenters. The van der Waals surface area contributed by atoms with Crippen LogP contribution in [-0.4, -0.2) is 35.4 Å². The maximum absolute atomic E-state index is 9.98. The van der Waals surface area contributed by atoms with Gasteiger partial charge in [-0.1, -0.05) is 28.1 Å². The smallest absolute Gasteiger partial charge is 0.111 e. The Hall–Kier alpha value is -0.130. The zero-order chi connectivity index (χ0) is 12.0. The minimum Gasteiger partial charge on any atom is -0.394 e. The summed E-state index contributed by atoms with van der Waals surface area (Å²) in [4.78, 5) is 0. The number of alkyl halides is 1. The molecule has 0 aromatic heterocycles. The first-order valence-corrected chi connectivity index (χ1v) is 6.23. The highest BCUT2D eigenvalue weighted by Crippen LogP contribution is 2.22. The second-order valence-electron chi connectivity index (χ2n) is 3.28. The lowest BCUT2D eigenvalue weighted by molar-refractivity contribution is -0.0598. The van der Waals surface area contributed by atoms with Crippen LogP contribution in [-0.2, 0) is 4.74 Å². The molecule has 5 heteroatoms. The molecule has 0 aliphatic carbocycles. The molecule has 2 N–H and O–H groups in total. The molecular formula is C11H14BrClO3. The second kappa shape index (κ2) is 7.25. The summed E-state index contributed by atoms with van der Waals surface area (Å²) in [7, 11) is 0. The van der Waals surface area contributed by atoms with Crippen molar-refractivity contribution in [1.29, 1.82) is 0 Å². The number of aliphatic hydroxyl groups is 2. The summed E-state index contributed by atoms with van der Waals surface area (Å²) in [6, 6.07) is 7.25. The van der Waals surface area contributed by atoms with Crippen molar-refractivity contribution in [2.45, 2.75) is 12.2 Å². The first-order valence-electron chi connectivity index (χ1n) is 4.91. The molecule has 90 valence electrons. The minimum absolute atomic E-state index is 0.245. The van der Waals surface area contributed by atoms with Gasteiger partial charge in [0, 0.05) is 10.4 Å². The fourth-order valence-electron chi connectivity index (χ4n) is 1.34. The molecule has 3 nitrogen and oxygen atoms in total. The van der Waals surface area contributed by atoms with Crippen molar-refractivity contribution >= 4 is 27.5 Å². The summed E-state index contributed by atoms with van der Waals surface area (Å²) in [6.45, 7) is 0.0580. The predicted octanol–water partition coefficient (Wildman–Crippen LogP) is 2.10. The summed E-state index contributed by atoms with van der Waals surface area (Å²) >= 11 is 8.80. The second-order valence-corrected chi connectivity index (χ2v) is 4.57. The standard InChI is InChI=1S/C11H14BrClO3/c12-9-3-1-2-8(6-9)11(15)10(7-14)16-5-4-13/h1-3,6,10-11,14-15H,4-5,7H2/t10-,11+/m1/s1. The van der Waals surface area contributed by atoms with E-state index < -0.39 is 12.2 Å². The molecule has 0 aliphatic rings. The lowest BCUT2D eigenvalue weighted by Gasteiger charge is -2.21. The van der Waals surface area contributed by atoms with Gasteiger partial charge in [0.1, 0.15) is 12.2 Å². The van der Waals surface area contributed by atoms with Gasteiger partial charge < -0.3 is 14.9 Å². The molecule has 1 aromatic carbocycles. The number of ether oxygens (including phenoxy) is 1. The maximum atomic E-state index is 9.98. The van der Waals surface area contributed by atoms with Crippen LogP contribution in [0.3, 0.4) is 0 Å². The van der Waals surface area contributed by atoms with Crippen LogP contribution in [0.25, 0.3) is 0 Å². The van der Waals surface area contributed by atoms with Crippen LogP contribution in [0.4, 0.5) is 0 Å². The lowest BCUT2D eigenvalue weighted by atomic mass is 10.1. The Morgan fingerprint density at radius 1 is 1.44 bits per heavy atom. The van der Waals surface area contributed by atoms with Crippen molar-refractivity contribution in [3.8, 4) is 0 Å². The topological polar surface area (TPSA) is 49.7 Å². The summed E-state index contributed by atoms with van der Waals surface area (Å²) in [5, 5.41) is 19.1. The Morgan fingerprint density at radius 2 is 2.19 bits per heavy atom. The molecular weight excluding hydrogens is 295 g/mol. The van der Waals surface area contributed by atoms with Gasteiger partial charge in [-0.15, -0.1) is 11.6 Å². The first kappa shape index (κ1) is 13.9. The summed E-state index contributed by atoms with van der Waals surface area (Å²) in [6.07, 6.45) is -1.50. The van der Waals surface area contributed by atoms with Crippen molar-refractivity contribution in [1.82, 2.24) is 0 Å². The summed E-state index contributed by atoms with van der Waals surface area (Å²) in [5.74, 6) is 0.335. The van der Waals surface area contributed by atoms with Crippen LogP contribution in [0.1, 0.15) is 11.7 Å². The van der Waals surface area contributed by atoms with Crippen molar-refractivity contribution in [3.05, 3.63) is 34.3 Å². The predicted molar refractivity (Wildman–Crippen MR) is 66.6 cm³/mol. The number of hydrogen-bond acceptors (Lipinski definition) is 3. The average Bonchev–Trinajstić information content (AvgIpc) is 2.29. The van der Waals surface area contributed by atoms with Crippen LogP contribution in [0, 0.1) is 0 Å². The molecule has 0 spiro atoms. The number of aliphatic hydroxyl groups excluding tert-OH is 2. The van der Waals surface area contributed by atoms with Gasteiger partial charge in [-0.25, -0.2) is 0 Å². The molecule has 0 heterocycles. The Balaban J connectivity index is 2.70. The van der Waals surface area contributed by atoms with E-state index in [-0.39, 0.29) is 6.61 Å². The molecule has 0 radical (unpaired) electrons. The Kier molecular flexibility index (Phi) is 6.31. The SMILES string of the molecule is OC[C@@H](OCCCl)[C@@H](O)c1cccc(Br)c1. The van der Waals surface area contributed by atoms with Gasteiger partial charge in [0.25, 0.3) is 0 Å². The Labute approximate surface area is 108 Å². The van der Waals surface area contributed by atoms with Crippen molar-refractivity contribution < 1.29 is 14.9 Å². The Bertz CT molecular complexity index is 322. The van der Waals surface area contributed by atoms with Crippen LogP contribution in [0.15, 0.2) is 28.7 Å². The zero-order valence-electron chi connectivity index (χ0n) is 8.64. The highest BCUT2D eigenvalue weighted by molar-refractivity contribution is 9.10. The Morgan fingerprint density at radius 3 is 2.75 bits per heavy atom. The summed E-state index contributed by atoms with van der Waals surface area (Å²) < 4.78 is 6.12. The van der Waals surface area contributed by atoms with Gasteiger partial charge in [-0.05, 0) is 17.7 Å². The molecule has 16 heavy (non-hydrogen) atoms. The molecule has 0 aliphatic heterocycles. The number of benzene rings is 1. The van der Waals surface area contributed by atoms with Crippen LogP contribution >= 0.6 is 27.5 Å². The molecule has 2 atom stereocenters. The van der Waals surface area contributed by atoms with Crippen LogP contribution in [0.5, 0.6) is 0 Å². The number of hydrogen-bond donors (Lipinski definition) is 2. The third-order valence-corrected chi connectivity index (χ3v) is 2.78. The molecule has 0 amide bonds. The van der Waals surface area contributed by atoms with Gasteiger partial charge in [0.2, 0.25) is 0 Å². The summed E-state index contributed by atoms with van der Waals surface area (Å²) in [5.41, 5.74) is 0.697. The van der Waals surface area contributed by atoms with E-state index in [0.717, 1.165) is 4.47 Å². The monoisotopic (exact) mass is 308 g/mol. The molecule has 0 bridgehead atoms. The van der Waals surface area contributed by atoms with E-state index >= 15 is 0 Å². The van der Waals surface area contributed by atoms with E-state index in [9.17, 15) is 5.11 Å². The molecule has 1 rings (SSSR count). The van der Waals surface area contributed by atoms with Crippen molar-refractivity contribution in [2.75, 3.05) is 19.1 Å². The molecule has 1 aromatic rings. The fourth-order valence-corrected chi connectivity index (χ4v) is 1.85. The fraction of sp³-hybridized carbons (Fsp3) is 0.455. The molecule has 0 saturated carbocycles. The van der Waals surface area contributed by atoms with Crippen molar-refractivity contribution in [3.63, 3.8) is 0 Å². The highest BCUT2D eigenvalue weighted by Gasteiger charge is 2.20. The van der Waals surface area contributed by atoms with E-state index in [1.165, 1.54) is 0 Å². The van der Waals surface area contributed by atoms with E-state index in [2.05, 4.69) is 15.9 Å². The quantitative estimate of drug-likeness (QED) is 0.791. The molecule has 0 saturated heterocycles. The van der Waals surface area contributed by atoms with E-state index in [4.69, 9.17) is 21.4 Å². The normalized spacial score (nSPS) is 14.8. The van der Waals surface area contributed by atoms with Gasteiger partial charge in [0.15, 0.2) is 0 Å². The first-order chi connectivity index (χ1) is 7.69. The zero-order valence-corrected chi connectivity index (χ0v) is 11.0. The van der Waals surface area contributed by atoms with Gasteiger partial charge in [-0.3, -0.25) is 0 Å². The lowest BCUT2D eigenvalue weighted by Crippen LogP contribution is -2.27. The van der Waals surface area contributed by atoms with E-state index in [0.29, 0.717) is 18.1 Å². The van der Waals surface area contributed by atoms with E-state index in [1.807, 2.05) is 12.1 Å². The van der Waals surface area contributed by atoms with Gasteiger partial charge in [0.05, 0.1) is 13.2 Å². The number of halogens is 2. The third-order valence-electron chi connectivity index (χ3n) is 2.13. The van der Waals surface area contributed by atoms with Crippen molar-refractivity contribution in [2.24, 2.45) is 0 Å². The largest absolute Gasteiger partial charge is 0.394 e. The van der Waals surface area contributed by atoms with Gasteiger partial charge in [-0.2, -0.15) is 0 Å². The third kappa shape index (κ3) is 4.03. The van der Waals surface area contributed by atoms with Gasteiger partial charge >= 0.3 is 0 Å². The average molecular weight is 310 g/mol. The minimum atomic E-state index is -0.856. The highest BCUT2D eigenvalue weighted by atomic mass is 79.9. The van der Waals surface area contributed by atoms with Crippen LogP contribution in [0.2, 0.25) is 0 Å².